The van der Waals surface area contributed by atoms with Crippen LogP contribution in [-0.4, -0.2) is 38.5 Å². The number of rotatable bonds is 5. The zero-order chi connectivity index (χ0) is 12.1. The fourth-order valence-corrected chi connectivity index (χ4v) is 1.32. The second-order valence-electron chi connectivity index (χ2n) is 2.82. The molecule has 8 nitrogen and oxygen atoms in total. The van der Waals surface area contributed by atoms with Gasteiger partial charge in [0.1, 0.15) is 10.9 Å². The molecule has 1 aromatic heterocycles. The number of aromatic nitrogens is 2. The summed E-state index contributed by atoms with van der Waals surface area (Å²) < 4.78 is 3.45. The summed E-state index contributed by atoms with van der Waals surface area (Å²) in [5.74, 6) is -2.79. The molecule has 1 atom stereocenters. The maximum atomic E-state index is 11.4. The largest absolute Gasteiger partial charge is 0.480 e. The van der Waals surface area contributed by atoms with E-state index in [2.05, 4.69) is 14.9 Å². The van der Waals surface area contributed by atoms with Crippen molar-refractivity contribution in [3.8, 4) is 0 Å². The zero-order valence-corrected chi connectivity index (χ0v) is 8.73. The van der Waals surface area contributed by atoms with Crippen molar-refractivity contribution in [3.05, 3.63) is 11.1 Å². The van der Waals surface area contributed by atoms with Gasteiger partial charge in [0.15, 0.2) is 0 Å². The van der Waals surface area contributed by atoms with E-state index in [0.717, 1.165) is 11.5 Å². The number of nitrogens with one attached hydrogen (secondary N) is 1. The van der Waals surface area contributed by atoms with Crippen molar-refractivity contribution in [3.63, 3.8) is 0 Å². The molecular formula is C7H8N4O4S. The molecule has 0 bridgehead atoms. The van der Waals surface area contributed by atoms with Gasteiger partial charge in [-0.05, 0) is 11.5 Å². The first-order valence-corrected chi connectivity index (χ1v) is 4.87. The smallest absolute Gasteiger partial charge is 0.326 e. The summed E-state index contributed by atoms with van der Waals surface area (Å²) >= 11 is 0.821. The van der Waals surface area contributed by atoms with Crippen molar-refractivity contribution in [2.75, 3.05) is 0 Å². The first-order chi connectivity index (χ1) is 7.50. The molecule has 0 aliphatic heterocycles. The summed E-state index contributed by atoms with van der Waals surface area (Å²) in [6.45, 7) is 0. The fraction of sp³-hybridized carbons (Fsp3) is 0.286. The molecule has 0 radical (unpaired) electrons. The maximum Gasteiger partial charge on any atom is 0.326 e. The minimum atomic E-state index is -1.34. The molecule has 86 valence electrons. The Morgan fingerprint density at radius 3 is 2.69 bits per heavy atom. The summed E-state index contributed by atoms with van der Waals surface area (Å²) in [7, 11) is 0. The Morgan fingerprint density at radius 1 is 1.56 bits per heavy atom. The van der Waals surface area contributed by atoms with Crippen LogP contribution >= 0.6 is 11.5 Å². The van der Waals surface area contributed by atoms with E-state index in [9.17, 15) is 14.4 Å². The average Bonchev–Trinajstić information content (AvgIpc) is 2.68. The lowest BCUT2D eigenvalue weighted by molar-refractivity contribution is -0.140. The highest BCUT2D eigenvalue weighted by Crippen LogP contribution is 2.03. The normalized spacial score (nSPS) is 11.8. The highest BCUT2D eigenvalue weighted by Gasteiger charge is 2.23. The average molecular weight is 244 g/mol. The number of amides is 2. The van der Waals surface area contributed by atoms with Gasteiger partial charge in [0.05, 0.1) is 12.6 Å². The predicted octanol–water partition coefficient (Wildman–Crippen LogP) is -1.40. The minimum Gasteiger partial charge on any atom is -0.480 e. The first-order valence-electron chi connectivity index (χ1n) is 4.10. The molecule has 0 spiro atoms. The van der Waals surface area contributed by atoms with E-state index >= 15 is 0 Å². The van der Waals surface area contributed by atoms with E-state index in [1.54, 1.807) is 0 Å². The summed E-state index contributed by atoms with van der Waals surface area (Å²) in [5, 5.41) is 14.3. The molecule has 0 aliphatic rings. The number of hydrogen-bond acceptors (Lipinski definition) is 6. The standard InChI is InChI=1S/C7H8N4O4S/c8-5(12)1-3(7(14)15)10-6(13)4-2-9-11-16-4/h2-3H,1H2,(H2,8,12)(H,10,13)(H,14,15). The van der Waals surface area contributed by atoms with Gasteiger partial charge < -0.3 is 16.2 Å². The summed E-state index contributed by atoms with van der Waals surface area (Å²) in [6, 6.07) is -1.34. The number of nitrogens with two attached hydrogens (primary N) is 1. The molecule has 4 N–H and O–H groups in total. The van der Waals surface area contributed by atoms with E-state index in [4.69, 9.17) is 10.8 Å². The molecule has 0 saturated heterocycles. The lowest BCUT2D eigenvalue weighted by Gasteiger charge is -2.11. The first kappa shape index (κ1) is 12.0. The fourth-order valence-electron chi connectivity index (χ4n) is 0.898. The minimum absolute atomic E-state index is 0.163. The van der Waals surface area contributed by atoms with Crippen molar-refractivity contribution >= 4 is 29.3 Å². The Hall–Kier alpha value is -2.03. The third kappa shape index (κ3) is 3.28. The number of hydrogen-bond donors (Lipinski definition) is 3. The van der Waals surface area contributed by atoms with Gasteiger partial charge in [-0.2, -0.15) is 0 Å². The van der Waals surface area contributed by atoms with Gasteiger partial charge in [-0.15, -0.1) is 5.10 Å². The molecular weight excluding hydrogens is 236 g/mol. The van der Waals surface area contributed by atoms with E-state index in [1.807, 2.05) is 0 Å². The van der Waals surface area contributed by atoms with E-state index in [0.29, 0.717) is 0 Å². The van der Waals surface area contributed by atoms with Crippen LogP contribution in [0.15, 0.2) is 6.20 Å². The highest BCUT2D eigenvalue weighted by molar-refractivity contribution is 7.07. The predicted molar refractivity (Wildman–Crippen MR) is 52.6 cm³/mol. The van der Waals surface area contributed by atoms with Gasteiger partial charge >= 0.3 is 5.97 Å². The van der Waals surface area contributed by atoms with Crippen LogP contribution in [0, 0.1) is 0 Å². The van der Waals surface area contributed by atoms with Crippen LogP contribution in [0.5, 0.6) is 0 Å². The van der Waals surface area contributed by atoms with Crippen LogP contribution in [0.2, 0.25) is 0 Å². The lowest BCUT2D eigenvalue weighted by Crippen LogP contribution is -2.43. The van der Waals surface area contributed by atoms with Crippen LogP contribution < -0.4 is 11.1 Å². The Balaban J connectivity index is 2.65. The van der Waals surface area contributed by atoms with E-state index < -0.39 is 30.2 Å². The number of carbonyl (C=O) groups excluding carboxylic acids is 2. The Kier molecular flexibility index (Phi) is 3.89. The quantitative estimate of drug-likeness (QED) is 0.582. The van der Waals surface area contributed by atoms with Gasteiger partial charge in [-0.1, -0.05) is 4.49 Å². The van der Waals surface area contributed by atoms with Crippen LogP contribution in [-0.2, 0) is 9.59 Å². The monoisotopic (exact) mass is 244 g/mol. The van der Waals surface area contributed by atoms with Crippen LogP contribution in [0.3, 0.4) is 0 Å². The van der Waals surface area contributed by atoms with Gasteiger partial charge in [0, 0.05) is 0 Å². The molecule has 0 aromatic carbocycles. The van der Waals surface area contributed by atoms with Crippen molar-refractivity contribution in [2.24, 2.45) is 5.73 Å². The van der Waals surface area contributed by atoms with Crippen LogP contribution in [0.4, 0.5) is 0 Å². The molecule has 9 heteroatoms. The maximum absolute atomic E-state index is 11.4. The van der Waals surface area contributed by atoms with Gasteiger partial charge in [-0.25, -0.2) is 4.79 Å². The SMILES string of the molecule is NC(=O)CC(NC(=O)c1cnns1)C(=O)O. The molecule has 1 rings (SSSR count). The Bertz CT molecular complexity index is 405. The second-order valence-corrected chi connectivity index (χ2v) is 3.60. The molecule has 0 aliphatic carbocycles. The number of carbonyl (C=O) groups is 3. The van der Waals surface area contributed by atoms with E-state index in [1.165, 1.54) is 6.20 Å². The number of primary amides is 1. The van der Waals surface area contributed by atoms with Gasteiger partial charge in [-0.3, -0.25) is 9.59 Å². The molecule has 0 fully saturated rings. The topological polar surface area (TPSA) is 135 Å². The summed E-state index contributed by atoms with van der Waals surface area (Å²) in [4.78, 5) is 32.8. The van der Waals surface area contributed by atoms with Crippen molar-refractivity contribution in [2.45, 2.75) is 12.5 Å². The Labute approximate surface area is 93.6 Å². The molecule has 1 heterocycles. The number of nitrogens with zero attached hydrogens (tertiary/aromatic N) is 2. The molecule has 0 saturated carbocycles. The van der Waals surface area contributed by atoms with Crippen molar-refractivity contribution in [1.82, 2.24) is 14.9 Å². The number of aliphatic carboxylic acids is 1. The highest BCUT2D eigenvalue weighted by atomic mass is 32.1. The molecule has 16 heavy (non-hydrogen) atoms. The third-order valence-electron chi connectivity index (χ3n) is 1.59. The molecule has 1 aromatic rings. The van der Waals surface area contributed by atoms with Gasteiger partial charge in [0.25, 0.3) is 5.91 Å². The van der Waals surface area contributed by atoms with Crippen LogP contribution in [0.25, 0.3) is 0 Å². The lowest BCUT2D eigenvalue weighted by atomic mass is 10.2. The van der Waals surface area contributed by atoms with Crippen molar-refractivity contribution < 1.29 is 19.5 Å². The Morgan fingerprint density at radius 2 is 2.25 bits per heavy atom. The zero-order valence-electron chi connectivity index (χ0n) is 7.91. The summed E-state index contributed by atoms with van der Waals surface area (Å²) in [5.41, 5.74) is 4.85. The summed E-state index contributed by atoms with van der Waals surface area (Å²) in [6.07, 6.45) is 0.733. The number of carboxylic acids is 1. The molecule has 1 unspecified atom stereocenters. The molecule has 2 amide bonds. The van der Waals surface area contributed by atoms with Crippen molar-refractivity contribution in [1.29, 1.82) is 0 Å². The van der Waals surface area contributed by atoms with Crippen LogP contribution in [0.1, 0.15) is 16.1 Å². The second kappa shape index (κ2) is 5.16. The van der Waals surface area contributed by atoms with Gasteiger partial charge in [0.2, 0.25) is 5.91 Å². The third-order valence-corrected chi connectivity index (χ3v) is 2.26. The number of carboxylic acid groups (broad SMARTS) is 1. The van der Waals surface area contributed by atoms with E-state index in [-0.39, 0.29) is 4.88 Å².